The molecule has 1 heterocycles. The zero-order valence-corrected chi connectivity index (χ0v) is 7.42. The van der Waals surface area contributed by atoms with E-state index in [1.165, 1.54) is 0 Å². The molecule has 0 saturated carbocycles. The number of hydrogen-bond acceptors (Lipinski definition) is 2. The number of carbonyl (C=O) groups is 1. The summed E-state index contributed by atoms with van der Waals surface area (Å²) in [6, 6.07) is 0.0313. The minimum Gasteiger partial charge on any atom is -0.356 e. The molecule has 1 amide bonds. The maximum atomic E-state index is 11.1. The normalized spacial score (nSPS) is 24.2. The number of rotatable bonds is 3. The average molecular weight is 184 g/mol. The van der Waals surface area contributed by atoms with Crippen molar-refractivity contribution in [3.05, 3.63) is 12.2 Å². The van der Waals surface area contributed by atoms with Crippen LogP contribution in [0.5, 0.6) is 0 Å². The highest BCUT2D eigenvalue weighted by Gasteiger charge is 2.24. The summed E-state index contributed by atoms with van der Waals surface area (Å²) in [5.74, 6) is 0.297. The lowest BCUT2D eigenvalue weighted by Crippen LogP contribution is -2.26. The minimum atomic E-state index is 0. The molecule has 1 fully saturated rings. The third-order valence-corrected chi connectivity index (χ3v) is 2.16. The van der Waals surface area contributed by atoms with Crippen LogP contribution in [-0.4, -0.2) is 18.5 Å². The van der Waals surface area contributed by atoms with Crippen molar-refractivity contribution in [3.63, 3.8) is 0 Å². The summed E-state index contributed by atoms with van der Waals surface area (Å²) in [6.07, 6.45) is 5.57. The molecule has 0 bridgehead atoms. The molecular weight excluding hydrogens is 164 g/mol. The molecule has 13 heavy (non-hydrogen) atoms. The van der Waals surface area contributed by atoms with Crippen LogP contribution >= 0.6 is 0 Å². The summed E-state index contributed by atoms with van der Waals surface area (Å²) < 4.78 is 0. The molecular formula is C10H20N2O. The first-order chi connectivity index (χ1) is 5.74. The highest BCUT2D eigenvalue weighted by atomic mass is 16.2. The second kappa shape index (κ2) is 5.75. The van der Waals surface area contributed by atoms with Crippen LogP contribution in [0.1, 0.15) is 27.2 Å². The van der Waals surface area contributed by atoms with Crippen LogP contribution in [0.3, 0.4) is 0 Å². The SMILES string of the molecule is C.C/C=C/[C@@H](N)C[C@@H]1CCNC1=O. The largest absolute Gasteiger partial charge is 0.356 e. The van der Waals surface area contributed by atoms with E-state index in [-0.39, 0.29) is 25.3 Å². The topological polar surface area (TPSA) is 55.1 Å². The Hall–Kier alpha value is -0.830. The molecule has 3 N–H and O–H groups in total. The van der Waals surface area contributed by atoms with Gasteiger partial charge in [0.25, 0.3) is 0 Å². The quantitative estimate of drug-likeness (QED) is 0.644. The summed E-state index contributed by atoms with van der Waals surface area (Å²) in [5, 5.41) is 2.80. The number of allylic oxidation sites excluding steroid dienone is 1. The molecule has 3 heteroatoms. The number of hydrogen-bond donors (Lipinski definition) is 2. The van der Waals surface area contributed by atoms with Gasteiger partial charge in [0.2, 0.25) is 5.91 Å². The van der Waals surface area contributed by atoms with E-state index in [1.54, 1.807) is 0 Å². The van der Waals surface area contributed by atoms with Crippen molar-refractivity contribution in [2.75, 3.05) is 6.54 Å². The van der Waals surface area contributed by atoms with E-state index >= 15 is 0 Å². The van der Waals surface area contributed by atoms with Gasteiger partial charge in [0.1, 0.15) is 0 Å². The predicted octanol–water partition coefficient (Wildman–Crippen LogP) is 1.05. The van der Waals surface area contributed by atoms with Gasteiger partial charge in [0.15, 0.2) is 0 Å². The van der Waals surface area contributed by atoms with E-state index in [1.807, 2.05) is 19.1 Å². The first-order valence-electron chi connectivity index (χ1n) is 4.40. The van der Waals surface area contributed by atoms with Gasteiger partial charge in [0, 0.05) is 18.5 Å². The molecule has 0 aliphatic carbocycles. The second-order valence-electron chi connectivity index (χ2n) is 3.20. The predicted molar refractivity (Wildman–Crippen MR) is 55.3 cm³/mol. The Labute approximate surface area is 80.4 Å². The van der Waals surface area contributed by atoms with Crippen LogP contribution in [0.15, 0.2) is 12.2 Å². The van der Waals surface area contributed by atoms with Crippen LogP contribution in [-0.2, 0) is 4.79 Å². The Morgan fingerprint density at radius 3 is 2.92 bits per heavy atom. The van der Waals surface area contributed by atoms with Crippen molar-refractivity contribution < 1.29 is 4.79 Å². The molecule has 76 valence electrons. The Morgan fingerprint density at radius 1 is 1.77 bits per heavy atom. The Balaban J connectivity index is 0.00000144. The minimum absolute atomic E-state index is 0. The molecule has 0 aromatic rings. The number of amides is 1. The van der Waals surface area contributed by atoms with Crippen molar-refractivity contribution >= 4 is 5.91 Å². The summed E-state index contributed by atoms with van der Waals surface area (Å²) in [7, 11) is 0. The van der Waals surface area contributed by atoms with Crippen molar-refractivity contribution in [1.29, 1.82) is 0 Å². The first-order valence-corrected chi connectivity index (χ1v) is 4.40. The van der Waals surface area contributed by atoms with Gasteiger partial charge in [-0.25, -0.2) is 0 Å². The monoisotopic (exact) mass is 184 g/mol. The van der Waals surface area contributed by atoms with E-state index in [4.69, 9.17) is 5.73 Å². The zero-order chi connectivity index (χ0) is 8.97. The molecule has 1 aliphatic heterocycles. The number of nitrogens with one attached hydrogen (secondary N) is 1. The number of carbonyl (C=O) groups excluding carboxylic acids is 1. The van der Waals surface area contributed by atoms with E-state index < -0.39 is 0 Å². The van der Waals surface area contributed by atoms with Crippen LogP contribution in [0.4, 0.5) is 0 Å². The molecule has 1 saturated heterocycles. The maximum Gasteiger partial charge on any atom is 0.223 e. The van der Waals surface area contributed by atoms with Gasteiger partial charge in [-0.05, 0) is 19.8 Å². The summed E-state index contributed by atoms with van der Waals surface area (Å²) in [6.45, 7) is 2.75. The fourth-order valence-electron chi connectivity index (χ4n) is 1.52. The Morgan fingerprint density at radius 2 is 2.46 bits per heavy atom. The van der Waals surface area contributed by atoms with Crippen LogP contribution in [0.25, 0.3) is 0 Å². The molecule has 0 aromatic carbocycles. The van der Waals surface area contributed by atoms with Crippen molar-refractivity contribution in [2.45, 2.75) is 33.2 Å². The third kappa shape index (κ3) is 3.59. The van der Waals surface area contributed by atoms with E-state index in [0.29, 0.717) is 0 Å². The zero-order valence-electron chi connectivity index (χ0n) is 7.42. The molecule has 1 rings (SSSR count). The van der Waals surface area contributed by atoms with Crippen molar-refractivity contribution in [1.82, 2.24) is 5.32 Å². The van der Waals surface area contributed by atoms with Crippen LogP contribution < -0.4 is 11.1 Å². The summed E-state index contributed by atoms with van der Waals surface area (Å²) in [5.41, 5.74) is 5.76. The first kappa shape index (κ1) is 12.2. The van der Waals surface area contributed by atoms with Gasteiger partial charge < -0.3 is 11.1 Å². The summed E-state index contributed by atoms with van der Waals surface area (Å²) >= 11 is 0. The lowest BCUT2D eigenvalue weighted by Gasteiger charge is -2.09. The lowest BCUT2D eigenvalue weighted by molar-refractivity contribution is -0.122. The third-order valence-electron chi connectivity index (χ3n) is 2.16. The fraction of sp³-hybridized carbons (Fsp3) is 0.700. The van der Waals surface area contributed by atoms with Gasteiger partial charge in [-0.3, -0.25) is 4.79 Å². The molecule has 0 unspecified atom stereocenters. The maximum absolute atomic E-state index is 11.1. The average Bonchev–Trinajstić information content (AvgIpc) is 2.37. The fourth-order valence-corrected chi connectivity index (χ4v) is 1.52. The molecule has 3 nitrogen and oxygen atoms in total. The van der Waals surface area contributed by atoms with E-state index in [2.05, 4.69) is 5.32 Å². The standard InChI is InChI=1S/C9H16N2O.CH4/c1-2-3-8(10)6-7-4-5-11-9(7)12;/h2-3,7-8H,4-6,10H2,1H3,(H,11,12);1H4/b3-2+;/t7-,8+;/m0./s1. The van der Waals surface area contributed by atoms with Crippen molar-refractivity contribution in [3.8, 4) is 0 Å². The Bertz CT molecular complexity index is 189. The molecule has 0 spiro atoms. The highest BCUT2D eigenvalue weighted by molar-refractivity contribution is 5.80. The molecule has 1 aliphatic rings. The molecule has 0 aromatic heterocycles. The Kier molecular flexibility index (Phi) is 5.39. The lowest BCUT2D eigenvalue weighted by atomic mass is 9.99. The van der Waals surface area contributed by atoms with E-state index in [9.17, 15) is 4.79 Å². The van der Waals surface area contributed by atoms with Gasteiger partial charge in [0.05, 0.1) is 0 Å². The van der Waals surface area contributed by atoms with Crippen molar-refractivity contribution in [2.24, 2.45) is 11.7 Å². The molecule has 0 radical (unpaired) electrons. The summed E-state index contributed by atoms with van der Waals surface area (Å²) in [4.78, 5) is 11.1. The molecule has 2 atom stereocenters. The number of nitrogens with two attached hydrogens (primary N) is 1. The van der Waals surface area contributed by atoms with Gasteiger partial charge in [-0.15, -0.1) is 0 Å². The van der Waals surface area contributed by atoms with Gasteiger partial charge in [-0.1, -0.05) is 19.6 Å². The van der Waals surface area contributed by atoms with Gasteiger partial charge >= 0.3 is 0 Å². The highest BCUT2D eigenvalue weighted by Crippen LogP contribution is 2.15. The van der Waals surface area contributed by atoms with Crippen LogP contribution in [0, 0.1) is 5.92 Å². The second-order valence-corrected chi connectivity index (χ2v) is 3.20. The van der Waals surface area contributed by atoms with Crippen LogP contribution in [0.2, 0.25) is 0 Å². The smallest absolute Gasteiger partial charge is 0.223 e. The van der Waals surface area contributed by atoms with E-state index in [0.717, 1.165) is 19.4 Å². The van der Waals surface area contributed by atoms with Gasteiger partial charge in [-0.2, -0.15) is 0 Å².